The molecule has 0 fully saturated rings. The third-order valence-electron chi connectivity index (χ3n) is 6.98. The van der Waals surface area contributed by atoms with Crippen molar-refractivity contribution < 1.29 is 28.7 Å². The molecule has 0 atom stereocenters. The minimum atomic E-state index is -0.653. The predicted octanol–water partition coefficient (Wildman–Crippen LogP) is 4.40. The van der Waals surface area contributed by atoms with Crippen molar-refractivity contribution in [2.24, 2.45) is 5.73 Å². The van der Waals surface area contributed by atoms with E-state index in [9.17, 15) is 20.2 Å². The maximum atomic E-state index is 11.9. The van der Waals surface area contributed by atoms with E-state index >= 15 is 0 Å². The second-order valence-corrected chi connectivity index (χ2v) is 9.89. The maximum Gasteiger partial charge on any atom is 0.338 e. The highest BCUT2D eigenvalue weighted by Crippen LogP contribution is 2.32. The van der Waals surface area contributed by atoms with Gasteiger partial charge in [-0.15, -0.1) is 0 Å². The largest absolute Gasteiger partial charge is 0.488 e. The van der Waals surface area contributed by atoms with E-state index in [1.54, 1.807) is 12.2 Å². The van der Waals surface area contributed by atoms with Crippen LogP contribution in [0.2, 0.25) is 0 Å². The van der Waals surface area contributed by atoms with Gasteiger partial charge in [0.2, 0.25) is 0 Å². The molecule has 3 aromatic rings. The van der Waals surface area contributed by atoms with E-state index in [0.29, 0.717) is 43.4 Å². The lowest BCUT2D eigenvalue weighted by Crippen LogP contribution is -2.34. The van der Waals surface area contributed by atoms with Gasteiger partial charge in [0.25, 0.3) is 5.69 Å². The standard InChI is InChI=1S/C32H35N5O7/c1-23-3-9-27-30(19-23)43-17-18-44-31-20-24(4-6-25-7-8-26(32(38)41-2)21-29(25)37(39)40)5-10-28(31)36(22-34)14-16-42-15-13-35(27)12-11-33/h3-10,19-21H,12-18,22,34H2,1-2H3/b6-4+. The van der Waals surface area contributed by atoms with Gasteiger partial charge in [-0.1, -0.05) is 18.2 Å². The first-order chi connectivity index (χ1) is 21.3. The van der Waals surface area contributed by atoms with E-state index in [1.807, 2.05) is 53.1 Å². The highest BCUT2D eigenvalue weighted by atomic mass is 16.6. The number of anilines is 2. The molecular formula is C32H35N5O7. The number of carbonyl (C=O) groups excluding carboxylic acids is 1. The summed E-state index contributed by atoms with van der Waals surface area (Å²) in [5.41, 5.74) is 9.64. The van der Waals surface area contributed by atoms with Gasteiger partial charge in [-0.3, -0.25) is 10.1 Å². The molecule has 1 aliphatic heterocycles. The van der Waals surface area contributed by atoms with Crippen LogP contribution >= 0.6 is 0 Å². The Morgan fingerprint density at radius 2 is 1.68 bits per heavy atom. The van der Waals surface area contributed by atoms with Crippen molar-refractivity contribution in [2.45, 2.75) is 6.92 Å². The number of nitro groups is 1. The molecule has 0 saturated carbocycles. The van der Waals surface area contributed by atoms with E-state index in [4.69, 9.17) is 19.9 Å². The predicted molar refractivity (Wildman–Crippen MR) is 167 cm³/mol. The lowest BCUT2D eigenvalue weighted by Gasteiger charge is -2.26. The number of hydrogen-bond acceptors (Lipinski definition) is 11. The Labute approximate surface area is 255 Å². The Balaban J connectivity index is 1.61. The SMILES string of the molecule is COC(=O)c1ccc(/C=C/c2ccc3c(c2)OCCOc2cc(C)ccc2N(CC#N)CCOCCN3CN)c([N+](=O)[O-])c1. The van der Waals surface area contributed by atoms with Gasteiger partial charge in [-0.25, -0.2) is 4.79 Å². The van der Waals surface area contributed by atoms with Crippen LogP contribution in [0.15, 0.2) is 54.6 Å². The van der Waals surface area contributed by atoms with Gasteiger partial charge in [-0.2, -0.15) is 5.26 Å². The zero-order valence-electron chi connectivity index (χ0n) is 24.7. The molecule has 0 radical (unpaired) electrons. The van der Waals surface area contributed by atoms with Crippen LogP contribution in [0, 0.1) is 28.4 Å². The molecule has 0 amide bonds. The first kappa shape index (κ1) is 31.8. The lowest BCUT2D eigenvalue weighted by atomic mass is 10.1. The van der Waals surface area contributed by atoms with E-state index in [0.717, 1.165) is 22.5 Å². The smallest absolute Gasteiger partial charge is 0.338 e. The van der Waals surface area contributed by atoms with E-state index < -0.39 is 10.9 Å². The molecule has 4 rings (SSSR count). The highest BCUT2D eigenvalue weighted by Gasteiger charge is 2.18. The summed E-state index contributed by atoms with van der Waals surface area (Å²) in [5.74, 6) is 0.556. The number of hydrogen-bond donors (Lipinski definition) is 1. The van der Waals surface area contributed by atoms with Crippen molar-refractivity contribution in [3.63, 3.8) is 0 Å². The van der Waals surface area contributed by atoms with Crippen molar-refractivity contribution in [1.29, 1.82) is 5.26 Å². The van der Waals surface area contributed by atoms with Crippen molar-refractivity contribution >= 4 is 35.2 Å². The van der Waals surface area contributed by atoms with Crippen molar-refractivity contribution in [3.8, 4) is 17.6 Å². The van der Waals surface area contributed by atoms with Crippen LogP contribution in [0.25, 0.3) is 12.2 Å². The molecule has 0 aliphatic carbocycles. The van der Waals surface area contributed by atoms with Crippen molar-refractivity contribution in [2.75, 3.05) is 69.6 Å². The summed E-state index contributed by atoms with van der Waals surface area (Å²) in [6.45, 7) is 4.68. The number of aryl methyl sites for hydroxylation is 1. The third kappa shape index (κ3) is 8.03. The van der Waals surface area contributed by atoms with Crippen LogP contribution in [0.5, 0.6) is 11.5 Å². The molecule has 2 N–H and O–H groups in total. The minimum Gasteiger partial charge on any atom is -0.488 e. The number of nitrogens with two attached hydrogens (primary N) is 1. The number of fused-ring (bicyclic) bond motifs is 2. The van der Waals surface area contributed by atoms with Crippen molar-refractivity contribution in [1.82, 2.24) is 0 Å². The first-order valence-corrected chi connectivity index (χ1v) is 14.0. The molecule has 12 nitrogen and oxygen atoms in total. The summed E-state index contributed by atoms with van der Waals surface area (Å²) in [7, 11) is 1.22. The summed E-state index contributed by atoms with van der Waals surface area (Å²) < 4.78 is 22.9. The number of nitriles is 1. The molecule has 0 saturated heterocycles. The topological polar surface area (TPSA) is 153 Å². The summed E-state index contributed by atoms with van der Waals surface area (Å²) in [4.78, 5) is 26.9. The van der Waals surface area contributed by atoms with E-state index in [1.165, 1.54) is 25.3 Å². The molecule has 1 heterocycles. The summed E-state index contributed by atoms with van der Waals surface area (Å²) in [6.07, 6.45) is 3.34. The summed E-state index contributed by atoms with van der Waals surface area (Å²) in [6, 6.07) is 17.8. The molecule has 3 aromatic carbocycles. The molecular weight excluding hydrogens is 566 g/mol. The highest BCUT2D eigenvalue weighted by molar-refractivity contribution is 5.91. The van der Waals surface area contributed by atoms with Gasteiger partial charge >= 0.3 is 5.97 Å². The second kappa shape index (κ2) is 15.4. The number of benzene rings is 3. The quantitative estimate of drug-likeness (QED) is 0.141. The van der Waals surface area contributed by atoms with Gasteiger partial charge in [0, 0.05) is 19.2 Å². The molecule has 0 spiro atoms. The Kier molecular flexibility index (Phi) is 11.1. The minimum absolute atomic E-state index is 0.0929. The Bertz CT molecular complexity index is 1550. The Hall–Kier alpha value is -5.12. The molecule has 1 aliphatic rings. The monoisotopic (exact) mass is 601 g/mol. The van der Waals surface area contributed by atoms with Crippen LogP contribution in [0.4, 0.5) is 17.1 Å². The number of rotatable bonds is 6. The fraction of sp³-hybridized carbons (Fsp3) is 0.312. The average Bonchev–Trinajstić information content (AvgIpc) is 3.03. The van der Waals surface area contributed by atoms with Gasteiger partial charge in [0.05, 0.1) is 60.5 Å². The molecule has 12 heteroatoms. The first-order valence-electron chi connectivity index (χ1n) is 14.0. The van der Waals surface area contributed by atoms with Crippen LogP contribution in [0.1, 0.15) is 27.0 Å². The Morgan fingerprint density at radius 3 is 2.36 bits per heavy atom. The fourth-order valence-electron chi connectivity index (χ4n) is 4.72. The maximum absolute atomic E-state index is 11.9. The van der Waals surface area contributed by atoms with Gasteiger partial charge < -0.3 is 34.5 Å². The summed E-state index contributed by atoms with van der Waals surface area (Å²) in [5, 5.41) is 21.1. The summed E-state index contributed by atoms with van der Waals surface area (Å²) >= 11 is 0. The van der Waals surface area contributed by atoms with Crippen LogP contribution in [-0.2, 0) is 9.47 Å². The lowest BCUT2D eigenvalue weighted by molar-refractivity contribution is -0.385. The Morgan fingerprint density at radius 1 is 1.00 bits per heavy atom. The number of ether oxygens (including phenoxy) is 4. The van der Waals surface area contributed by atoms with E-state index in [-0.39, 0.29) is 37.7 Å². The molecule has 0 aromatic heterocycles. The van der Waals surface area contributed by atoms with Gasteiger partial charge in [0.15, 0.2) is 0 Å². The van der Waals surface area contributed by atoms with Crippen LogP contribution < -0.4 is 25.0 Å². The number of nitro benzene ring substituents is 1. The van der Waals surface area contributed by atoms with Crippen LogP contribution in [0.3, 0.4) is 0 Å². The third-order valence-corrected chi connectivity index (χ3v) is 6.98. The fourth-order valence-corrected chi connectivity index (χ4v) is 4.72. The molecule has 44 heavy (non-hydrogen) atoms. The van der Waals surface area contributed by atoms with E-state index in [2.05, 4.69) is 10.8 Å². The number of methoxy groups -OCH3 is 1. The number of nitrogens with zero attached hydrogens (tertiary/aromatic N) is 4. The molecule has 0 unspecified atom stereocenters. The number of carbonyl (C=O) groups is 1. The average molecular weight is 602 g/mol. The van der Waals surface area contributed by atoms with Gasteiger partial charge in [-0.05, 0) is 60.5 Å². The normalized spacial score (nSPS) is 14.2. The van der Waals surface area contributed by atoms with Gasteiger partial charge in [0.1, 0.15) is 31.3 Å². The second-order valence-electron chi connectivity index (χ2n) is 9.89. The van der Waals surface area contributed by atoms with Crippen molar-refractivity contribution in [3.05, 3.63) is 87.0 Å². The number of esters is 1. The zero-order chi connectivity index (χ0) is 31.5. The van der Waals surface area contributed by atoms with Crippen LogP contribution in [-0.4, -0.2) is 70.7 Å². The molecule has 230 valence electrons. The zero-order valence-corrected chi connectivity index (χ0v) is 24.7. The molecule has 0 bridgehead atoms.